The molecule has 0 saturated carbocycles. The largest absolute Gasteiger partial charge is 0.289 e. The zero-order chi connectivity index (χ0) is 15.7. The molecule has 0 radical (unpaired) electrons. The van der Waals surface area contributed by atoms with Gasteiger partial charge in [0.25, 0.3) is 0 Å². The van der Waals surface area contributed by atoms with Crippen molar-refractivity contribution in [1.82, 2.24) is 9.55 Å². The Morgan fingerprint density at radius 2 is 1.87 bits per heavy atom. The van der Waals surface area contributed by atoms with Crippen molar-refractivity contribution >= 4 is 21.9 Å². The molecule has 0 atom stereocenters. The Labute approximate surface area is 134 Å². The Hall–Kier alpha value is -2.68. The van der Waals surface area contributed by atoms with Crippen LogP contribution in [0.15, 0.2) is 42.5 Å². The van der Waals surface area contributed by atoms with Crippen molar-refractivity contribution in [3.8, 4) is 5.69 Å². The first-order valence-corrected chi connectivity index (χ1v) is 8.03. The van der Waals surface area contributed by atoms with Gasteiger partial charge in [0.15, 0.2) is 5.69 Å². The molecule has 2 aromatic heterocycles. The molecule has 0 aliphatic carbocycles. The predicted molar refractivity (Wildman–Crippen MR) is 92.0 cm³/mol. The smallest absolute Gasteiger partial charge is 0.237 e. The molecular weight excluding hydrogens is 282 g/mol. The highest BCUT2D eigenvalue weighted by molar-refractivity contribution is 5.91. The van der Waals surface area contributed by atoms with Gasteiger partial charge in [-0.2, -0.15) is 4.57 Å². The topological polar surface area (TPSA) is 21.7 Å². The van der Waals surface area contributed by atoms with Gasteiger partial charge in [0.05, 0.1) is 11.0 Å². The van der Waals surface area contributed by atoms with E-state index in [0.29, 0.717) is 0 Å². The van der Waals surface area contributed by atoms with Crippen LogP contribution in [0.1, 0.15) is 22.6 Å². The minimum atomic E-state index is 0.910. The van der Waals surface area contributed by atoms with Crippen LogP contribution in [0.2, 0.25) is 0 Å². The van der Waals surface area contributed by atoms with Crippen molar-refractivity contribution in [2.24, 2.45) is 7.05 Å². The fraction of sp³-hybridized carbons (Fsp3) is 0.200. The molecule has 0 spiro atoms. The zero-order valence-corrected chi connectivity index (χ0v) is 13.6. The lowest BCUT2D eigenvalue weighted by Gasteiger charge is -2.09. The third-order valence-corrected chi connectivity index (χ3v) is 5.15. The van der Waals surface area contributed by atoms with E-state index in [0.717, 1.165) is 17.8 Å². The van der Waals surface area contributed by atoms with Gasteiger partial charge in [-0.15, -0.1) is 0 Å². The molecule has 1 aliphatic rings. The number of imidazole rings is 1. The lowest BCUT2D eigenvalue weighted by molar-refractivity contribution is -0.651. The van der Waals surface area contributed by atoms with Crippen LogP contribution in [0, 0.1) is 13.8 Å². The minimum absolute atomic E-state index is 0.910. The number of fused-ring (bicyclic) bond motifs is 7. The second kappa shape index (κ2) is 4.19. The molecule has 4 aromatic rings. The highest BCUT2D eigenvalue weighted by Gasteiger charge is 2.29. The molecule has 3 heteroatoms. The van der Waals surface area contributed by atoms with E-state index in [2.05, 4.69) is 72.5 Å². The summed E-state index contributed by atoms with van der Waals surface area (Å²) >= 11 is 0. The number of benzene rings is 2. The molecule has 1 aliphatic heterocycles. The monoisotopic (exact) mass is 300 g/mol. The normalized spacial score (nSPS) is 12.8. The van der Waals surface area contributed by atoms with Crippen LogP contribution in [-0.4, -0.2) is 9.55 Å². The average Bonchev–Trinajstić information content (AvgIpc) is 3.06. The third kappa shape index (κ3) is 1.54. The molecule has 0 bridgehead atoms. The van der Waals surface area contributed by atoms with Crippen LogP contribution in [0.25, 0.3) is 27.6 Å². The lowest BCUT2D eigenvalue weighted by Crippen LogP contribution is -2.33. The predicted octanol–water partition coefficient (Wildman–Crippen LogP) is 3.52. The molecule has 0 amide bonds. The van der Waals surface area contributed by atoms with E-state index in [1.165, 1.54) is 38.9 Å². The summed E-state index contributed by atoms with van der Waals surface area (Å²) in [5.41, 5.74) is 8.85. The Balaban J connectivity index is 2.02. The first-order valence-electron chi connectivity index (χ1n) is 8.03. The minimum Gasteiger partial charge on any atom is -0.289 e. The van der Waals surface area contributed by atoms with Gasteiger partial charge in [0, 0.05) is 24.8 Å². The summed E-state index contributed by atoms with van der Waals surface area (Å²) in [6.45, 7) is 4.33. The second-order valence-corrected chi connectivity index (χ2v) is 6.53. The third-order valence-electron chi connectivity index (χ3n) is 5.15. The summed E-state index contributed by atoms with van der Waals surface area (Å²) in [4.78, 5) is 4.88. The van der Waals surface area contributed by atoms with E-state index in [1.54, 1.807) is 0 Å². The molecule has 112 valence electrons. The summed E-state index contributed by atoms with van der Waals surface area (Å²) in [7, 11) is 2.15. The molecule has 0 N–H and O–H groups in total. The Bertz CT molecular complexity index is 1120. The molecule has 3 nitrogen and oxygen atoms in total. The van der Waals surface area contributed by atoms with Gasteiger partial charge >= 0.3 is 0 Å². The number of para-hydroxylation sites is 1. The number of aromatic nitrogens is 3. The van der Waals surface area contributed by atoms with Crippen molar-refractivity contribution in [2.75, 3.05) is 0 Å². The average molecular weight is 300 g/mol. The van der Waals surface area contributed by atoms with Crippen LogP contribution in [-0.2, 0) is 13.5 Å². The molecule has 2 aromatic carbocycles. The van der Waals surface area contributed by atoms with E-state index in [-0.39, 0.29) is 0 Å². The van der Waals surface area contributed by atoms with E-state index < -0.39 is 0 Å². The number of aryl methyl sites for hydroxylation is 3. The summed E-state index contributed by atoms with van der Waals surface area (Å²) in [5.74, 6) is 1.15. The van der Waals surface area contributed by atoms with E-state index in [1.807, 2.05) is 0 Å². The van der Waals surface area contributed by atoms with Gasteiger partial charge in [-0.05, 0) is 36.2 Å². The SMILES string of the molecule is Cc1cccc2nc3n(c12)-c1c(ccc2ccc(C)[n+](C)c12)C3. The number of hydrogen-bond acceptors (Lipinski definition) is 1. The number of hydrogen-bond donors (Lipinski definition) is 0. The van der Waals surface area contributed by atoms with E-state index in [4.69, 9.17) is 4.98 Å². The van der Waals surface area contributed by atoms with Crippen LogP contribution in [0.3, 0.4) is 0 Å². The van der Waals surface area contributed by atoms with Crippen molar-refractivity contribution in [3.63, 3.8) is 0 Å². The van der Waals surface area contributed by atoms with E-state index >= 15 is 0 Å². The lowest BCUT2D eigenvalue weighted by atomic mass is 10.1. The van der Waals surface area contributed by atoms with Crippen LogP contribution < -0.4 is 4.57 Å². The molecular formula is C20H18N3+. The Morgan fingerprint density at radius 3 is 2.74 bits per heavy atom. The fourth-order valence-electron chi connectivity index (χ4n) is 3.89. The standard InChI is InChI=1S/C20H18N3/c1-12-5-4-6-16-18(12)23-17(21-16)11-15-10-9-14-8-7-13(2)22(3)19(14)20(15)23/h4-10H,11H2,1-3H3/q+1. The quantitative estimate of drug-likeness (QED) is 0.401. The summed E-state index contributed by atoms with van der Waals surface area (Å²) in [6.07, 6.45) is 0.910. The number of nitrogens with zero attached hydrogens (tertiary/aromatic N) is 3. The van der Waals surface area contributed by atoms with Gasteiger partial charge in [-0.1, -0.05) is 18.2 Å². The van der Waals surface area contributed by atoms with Crippen molar-refractivity contribution in [1.29, 1.82) is 0 Å². The molecule has 5 rings (SSSR count). The van der Waals surface area contributed by atoms with Gasteiger partial charge in [-0.3, -0.25) is 4.57 Å². The van der Waals surface area contributed by atoms with Gasteiger partial charge in [0.2, 0.25) is 5.52 Å². The van der Waals surface area contributed by atoms with E-state index in [9.17, 15) is 0 Å². The van der Waals surface area contributed by atoms with Crippen molar-refractivity contribution < 1.29 is 4.57 Å². The fourth-order valence-corrected chi connectivity index (χ4v) is 3.89. The first-order chi connectivity index (χ1) is 11.1. The summed E-state index contributed by atoms with van der Waals surface area (Å²) in [6, 6.07) is 15.3. The first kappa shape index (κ1) is 12.8. The summed E-state index contributed by atoms with van der Waals surface area (Å²) in [5, 5.41) is 1.28. The maximum Gasteiger partial charge on any atom is 0.237 e. The molecule has 0 unspecified atom stereocenters. The molecule has 3 heterocycles. The Morgan fingerprint density at radius 1 is 1.04 bits per heavy atom. The highest BCUT2D eigenvalue weighted by Crippen LogP contribution is 2.36. The Kier molecular flexibility index (Phi) is 2.34. The zero-order valence-electron chi connectivity index (χ0n) is 13.6. The maximum absolute atomic E-state index is 4.88. The number of pyridine rings is 1. The van der Waals surface area contributed by atoms with Crippen LogP contribution in [0.4, 0.5) is 0 Å². The van der Waals surface area contributed by atoms with Gasteiger partial charge in [-0.25, -0.2) is 4.98 Å². The van der Waals surface area contributed by atoms with Gasteiger partial charge < -0.3 is 0 Å². The molecule has 23 heavy (non-hydrogen) atoms. The molecule has 0 fully saturated rings. The molecule has 0 saturated heterocycles. The second-order valence-electron chi connectivity index (χ2n) is 6.53. The van der Waals surface area contributed by atoms with Gasteiger partial charge in [0.1, 0.15) is 18.6 Å². The summed E-state index contributed by atoms with van der Waals surface area (Å²) < 4.78 is 4.68. The van der Waals surface area contributed by atoms with Crippen LogP contribution in [0.5, 0.6) is 0 Å². The van der Waals surface area contributed by atoms with Crippen molar-refractivity contribution in [3.05, 3.63) is 65.1 Å². The van der Waals surface area contributed by atoms with Crippen LogP contribution >= 0.6 is 0 Å². The highest BCUT2D eigenvalue weighted by atomic mass is 15.1. The van der Waals surface area contributed by atoms with Crippen molar-refractivity contribution in [2.45, 2.75) is 20.3 Å². The maximum atomic E-state index is 4.88. The number of rotatable bonds is 0.